The molecule has 2 heteroatoms. The Hall–Kier alpha value is -0.0800. The van der Waals surface area contributed by atoms with E-state index in [1.54, 1.807) is 0 Å². The minimum absolute atomic E-state index is 0.767. The van der Waals surface area contributed by atoms with Crippen molar-refractivity contribution in [3.8, 4) is 0 Å². The number of ether oxygens (including phenoxy) is 1. The molecule has 0 bridgehead atoms. The highest BCUT2D eigenvalue weighted by molar-refractivity contribution is 4.79. The quantitative estimate of drug-likeness (QED) is 0.603. The van der Waals surface area contributed by atoms with E-state index >= 15 is 0 Å². The summed E-state index contributed by atoms with van der Waals surface area (Å²) in [4.78, 5) is 2.53. The Kier molecular flexibility index (Phi) is 5.62. The summed E-state index contributed by atoms with van der Waals surface area (Å²) in [6, 6.07) is 0. The second kappa shape index (κ2) is 6.49. The highest BCUT2D eigenvalue weighted by Gasteiger charge is 2.26. The molecule has 0 N–H and O–H groups in total. The van der Waals surface area contributed by atoms with Crippen molar-refractivity contribution >= 4 is 0 Å². The Balaban J connectivity index is 1.90. The first-order valence-corrected chi connectivity index (χ1v) is 6.38. The van der Waals surface area contributed by atoms with Gasteiger partial charge >= 0.3 is 0 Å². The number of likely N-dealkylation sites (tertiary alicyclic amines) is 1. The molecule has 1 rings (SSSR count). The summed E-state index contributed by atoms with van der Waals surface area (Å²) in [5.74, 6) is 2.37. The van der Waals surface area contributed by atoms with Crippen molar-refractivity contribution in [2.45, 2.75) is 34.1 Å². The molecule has 0 aromatic carbocycles. The third-order valence-electron chi connectivity index (χ3n) is 2.85. The molecule has 0 amide bonds. The maximum Gasteiger partial charge on any atom is 0.0518 e. The number of rotatable bonds is 7. The van der Waals surface area contributed by atoms with Crippen molar-refractivity contribution in [1.29, 1.82) is 0 Å². The fourth-order valence-electron chi connectivity index (χ4n) is 2.02. The second-order valence-corrected chi connectivity index (χ2v) is 5.74. The van der Waals surface area contributed by atoms with E-state index in [1.807, 2.05) is 0 Å². The van der Waals surface area contributed by atoms with Crippen LogP contribution in [0.15, 0.2) is 0 Å². The number of nitrogens with zero attached hydrogens (tertiary/aromatic N) is 1. The fourth-order valence-corrected chi connectivity index (χ4v) is 2.02. The molecule has 0 spiro atoms. The van der Waals surface area contributed by atoms with E-state index in [9.17, 15) is 0 Å². The van der Waals surface area contributed by atoms with Crippen LogP contribution in [0, 0.1) is 17.8 Å². The smallest absolute Gasteiger partial charge is 0.0518 e. The molecule has 1 aliphatic heterocycles. The summed E-state index contributed by atoms with van der Waals surface area (Å²) < 4.78 is 5.68. The van der Waals surface area contributed by atoms with Gasteiger partial charge in [-0.1, -0.05) is 27.7 Å². The molecule has 1 fully saturated rings. The standard InChI is InChI=1S/C13H27NO/c1-11(2)5-6-15-10-13-8-14(9-13)7-12(3)4/h11-13H,5-10H2,1-4H3. The summed E-state index contributed by atoms with van der Waals surface area (Å²) in [7, 11) is 0. The monoisotopic (exact) mass is 213 g/mol. The van der Waals surface area contributed by atoms with E-state index in [0.29, 0.717) is 0 Å². The Labute approximate surface area is 95.0 Å². The topological polar surface area (TPSA) is 12.5 Å². The first-order valence-electron chi connectivity index (χ1n) is 6.38. The van der Waals surface area contributed by atoms with Crippen molar-refractivity contribution in [3.05, 3.63) is 0 Å². The average Bonchev–Trinajstić information content (AvgIpc) is 2.06. The van der Waals surface area contributed by atoms with Crippen LogP contribution in [-0.4, -0.2) is 37.7 Å². The molecule has 0 saturated carbocycles. The van der Waals surface area contributed by atoms with Gasteiger partial charge in [0.25, 0.3) is 0 Å². The van der Waals surface area contributed by atoms with Crippen LogP contribution in [0.5, 0.6) is 0 Å². The van der Waals surface area contributed by atoms with Crippen molar-refractivity contribution in [2.24, 2.45) is 17.8 Å². The van der Waals surface area contributed by atoms with E-state index in [2.05, 4.69) is 32.6 Å². The van der Waals surface area contributed by atoms with Gasteiger partial charge in [-0.2, -0.15) is 0 Å². The second-order valence-electron chi connectivity index (χ2n) is 5.74. The Morgan fingerprint density at radius 3 is 2.33 bits per heavy atom. The van der Waals surface area contributed by atoms with Crippen LogP contribution in [0.4, 0.5) is 0 Å². The summed E-state index contributed by atoms with van der Waals surface area (Å²) in [5.41, 5.74) is 0. The predicted octanol–water partition coefficient (Wildman–Crippen LogP) is 2.64. The van der Waals surface area contributed by atoms with Gasteiger partial charge in [0, 0.05) is 32.2 Å². The SMILES string of the molecule is CC(C)CCOCC1CN(CC(C)C)C1. The van der Waals surface area contributed by atoms with E-state index in [-0.39, 0.29) is 0 Å². The van der Waals surface area contributed by atoms with Gasteiger partial charge in [0.2, 0.25) is 0 Å². The molecule has 0 aromatic heterocycles. The zero-order valence-electron chi connectivity index (χ0n) is 10.8. The van der Waals surface area contributed by atoms with Crippen LogP contribution in [0.2, 0.25) is 0 Å². The van der Waals surface area contributed by atoms with Gasteiger partial charge < -0.3 is 9.64 Å². The molecule has 0 radical (unpaired) electrons. The summed E-state index contributed by atoms with van der Waals surface area (Å²) in [5, 5.41) is 0. The molecule has 0 unspecified atom stereocenters. The molecule has 1 saturated heterocycles. The molecule has 90 valence electrons. The van der Waals surface area contributed by atoms with Crippen LogP contribution >= 0.6 is 0 Å². The van der Waals surface area contributed by atoms with Crippen LogP contribution in [0.3, 0.4) is 0 Å². The van der Waals surface area contributed by atoms with Crippen molar-refractivity contribution in [3.63, 3.8) is 0 Å². The zero-order valence-corrected chi connectivity index (χ0v) is 10.8. The van der Waals surface area contributed by atoms with Gasteiger partial charge in [0.15, 0.2) is 0 Å². The van der Waals surface area contributed by atoms with Crippen molar-refractivity contribution in [1.82, 2.24) is 4.90 Å². The summed E-state index contributed by atoms with van der Waals surface area (Å²) >= 11 is 0. The van der Waals surface area contributed by atoms with Crippen molar-refractivity contribution in [2.75, 3.05) is 32.8 Å². The summed E-state index contributed by atoms with van der Waals surface area (Å²) in [6.45, 7) is 14.7. The normalized spacial score (nSPS) is 18.8. The fraction of sp³-hybridized carbons (Fsp3) is 1.00. The van der Waals surface area contributed by atoms with E-state index in [4.69, 9.17) is 4.74 Å². The molecule has 0 atom stereocenters. The maximum absolute atomic E-state index is 5.68. The Bertz CT molecular complexity index is 162. The third kappa shape index (κ3) is 5.53. The lowest BCUT2D eigenvalue weighted by Crippen LogP contribution is -2.49. The molecule has 2 nitrogen and oxygen atoms in total. The lowest BCUT2D eigenvalue weighted by atomic mass is 10.00. The van der Waals surface area contributed by atoms with E-state index < -0.39 is 0 Å². The van der Waals surface area contributed by atoms with Gasteiger partial charge in [-0.25, -0.2) is 0 Å². The predicted molar refractivity (Wildman–Crippen MR) is 65.0 cm³/mol. The van der Waals surface area contributed by atoms with Gasteiger partial charge in [-0.05, 0) is 18.3 Å². The Morgan fingerprint density at radius 1 is 1.13 bits per heavy atom. The average molecular weight is 213 g/mol. The summed E-state index contributed by atoms with van der Waals surface area (Å²) in [6.07, 6.45) is 1.20. The lowest BCUT2D eigenvalue weighted by molar-refractivity contribution is 0.00690. The van der Waals surface area contributed by atoms with Crippen LogP contribution < -0.4 is 0 Å². The minimum Gasteiger partial charge on any atom is -0.381 e. The zero-order chi connectivity index (χ0) is 11.3. The number of hydrogen-bond acceptors (Lipinski definition) is 2. The largest absolute Gasteiger partial charge is 0.381 e. The Morgan fingerprint density at radius 2 is 1.80 bits per heavy atom. The molecule has 1 aliphatic rings. The molecular formula is C13H27NO. The highest BCUT2D eigenvalue weighted by Crippen LogP contribution is 2.17. The first-order chi connectivity index (χ1) is 7.08. The van der Waals surface area contributed by atoms with Crippen LogP contribution in [0.25, 0.3) is 0 Å². The molecule has 1 heterocycles. The first kappa shape index (κ1) is 13.0. The van der Waals surface area contributed by atoms with E-state index in [1.165, 1.54) is 26.1 Å². The molecule has 0 aromatic rings. The van der Waals surface area contributed by atoms with Crippen LogP contribution in [0.1, 0.15) is 34.1 Å². The highest BCUT2D eigenvalue weighted by atomic mass is 16.5. The van der Waals surface area contributed by atoms with Gasteiger partial charge in [0.05, 0.1) is 6.61 Å². The lowest BCUT2D eigenvalue weighted by Gasteiger charge is -2.40. The van der Waals surface area contributed by atoms with Gasteiger partial charge in [-0.15, -0.1) is 0 Å². The van der Waals surface area contributed by atoms with E-state index in [0.717, 1.165) is 31.0 Å². The van der Waals surface area contributed by atoms with Gasteiger partial charge in [0.1, 0.15) is 0 Å². The molecular weight excluding hydrogens is 186 g/mol. The van der Waals surface area contributed by atoms with Crippen molar-refractivity contribution < 1.29 is 4.74 Å². The third-order valence-corrected chi connectivity index (χ3v) is 2.85. The van der Waals surface area contributed by atoms with Gasteiger partial charge in [-0.3, -0.25) is 0 Å². The molecule has 15 heavy (non-hydrogen) atoms. The minimum atomic E-state index is 0.767. The maximum atomic E-state index is 5.68. The number of hydrogen-bond donors (Lipinski definition) is 0. The van der Waals surface area contributed by atoms with Crippen LogP contribution in [-0.2, 0) is 4.74 Å². The molecule has 0 aliphatic carbocycles.